The molecule has 0 N–H and O–H groups in total. The van der Waals surface area contributed by atoms with Crippen LogP contribution >= 0.6 is 11.8 Å². The molecule has 2 heteroatoms. The van der Waals surface area contributed by atoms with Crippen LogP contribution in [0.3, 0.4) is 0 Å². The standard InChI is InChI=1S/C9H12NS/c1-10-7-4-3-5-9(10)6-8-11-2/h3-8H,1-2H3/q+1/b8-6+. The highest BCUT2D eigenvalue weighted by Gasteiger charge is 1.96. The van der Waals surface area contributed by atoms with Crippen molar-refractivity contribution in [1.82, 2.24) is 0 Å². The van der Waals surface area contributed by atoms with Crippen LogP contribution in [0.15, 0.2) is 29.8 Å². The van der Waals surface area contributed by atoms with Crippen molar-refractivity contribution < 1.29 is 4.57 Å². The zero-order valence-corrected chi connectivity index (χ0v) is 7.64. The first-order valence-electron chi connectivity index (χ1n) is 3.48. The molecule has 58 valence electrons. The Morgan fingerprint density at radius 2 is 2.27 bits per heavy atom. The van der Waals surface area contributed by atoms with Gasteiger partial charge in [0.15, 0.2) is 6.20 Å². The summed E-state index contributed by atoms with van der Waals surface area (Å²) < 4.78 is 2.09. The second kappa shape index (κ2) is 4.19. The first kappa shape index (κ1) is 8.34. The number of pyridine rings is 1. The number of rotatable bonds is 2. The Hall–Kier alpha value is -0.760. The van der Waals surface area contributed by atoms with Crippen molar-refractivity contribution in [3.05, 3.63) is 35.5 Å². The fourth-order valence-corrected chi connectivity index (χ4v) is 1.12. The van der Waals surface area contributed by atoms with Crippen LogP contribution in [0, 0.1) is 0 Å². The number of hydrogen-bond donors (Lipinski definition) is 0. The van der Waals surface area contributed by atoms with E-state index in [9.17, 15) is 0 Å². The molecule has 0 bridgehead atoms. The summed E-state index contributed by atoms with van der Waals surface area (Å²) in [6.07, 6.45) is 6.20. The van der Waals surface area contributed by atoms with E-state index in [4.69, 9.17) is 0 Å². The zero-order chi connectivity index (χ0) is 8.10. The maximum Gasteiger partial charge on any atom is 0.205 e. The lowest BCUT2D eigenvalue weighted by atomic mass is 10.3. The molecule has 1 nitrogen and oxygen atoms in total. The van der Waals surface area contributed by atoms with E-state index in [-0.39, 0.29) is 0 Å². The van der Waals surface area contributed by atoms with E-state index in [0.29, 0.717) is 0 Å². The van der Waals surface area contributed by atoms with Gasteiger partial charge in [-0.25, -0.2) is 4.57 Å². The monoisotopic (exact) mass is 166 g/mol. The number of thioether (sulfide) groups is 1. The Bertz CT molecular complexity index is 255. The lowest BCUT2D eigenvalue weighted by Crippen LogP contribution is -2.30. The SMILES string of the molecule is CS/C=C/c1cccc[n+]1C. The fraction of sp³-hybridized carbons (Fsp3) is 0.222. The first-order chi connectivity index (χ1) is 5.34. The summed E-state index contributed by atoms with van der Waals surface area (Å²) in [5.41, 5.74) is 1.22. The van der Waals surface area contributed by atoms with Crippen LogP contribution in [0.5, 0.6) is 0 Å². The molecular formula is C9H12NS+. The van der Waals surface area contributed by atoms with Gasteiger partial charge in [0.2, 0.25) is 5.69 Å². The molecule has 0 radical (unpaired) electrons. The summed E-state index contributed by atoms with van der Waals surface area (Å²) in [7, 11) is 2.04. The Balaban J connectivity index is 2.86. The highest BCUT2D eigenvalue weighted by atomic mass is 32.2. The molecule has 0 aliphatic heterocycles. The number of hydrogen-bond acceptors (Lipinski definition) is 1. The predicted molar refractivity (Wildman–Crippen MR) is 50.2 cm³/mol. The van der Waals surface area contributed by atoms with E-state index in [1.807, 2.05) is 25.4 Å². The minimum Gasteiger partial charge on any atom is -0.202 e. The molecule has 1 aromatic heterocycles. The summed E-state index contributed by atoms with van der Waals surface area (Å²) in [5.74, 6) is 0. The van der Waals surface area contributed by atoms with Gasteiger partial charge in [0.25, 0.3) is 0 Å². The van der Waals surface area contributed by atoms with Crippen LogP contribution in [0.2, 0.25) is 0 Å². The largest absolute Gasteiger partial charge is 0.205 e. The average Bonchev–Trinajstić information content (AvgIpc) is 2.03. The number of aromatic nitrogens is 1. The molecule has 1 heterocycles. The van der Waals surface area contributed by atoms with Crippen molar-refractivity contribution >= 4 is 17.8 Å². The van der Waals surface area contributed by atoms with Gasteiger partial charge in [-0.1, -0.05) is 0 Å². The molecule has 0 aromatic carbocycles. The van der Waals surface area contributed by atoms with E-state index >= 15 is 0 Å². The molecule has 0 saturated heterocycles. The van der Waals surface area contributed by atoms with Crippen LogP contribution in [-0.2, 0) is 7.05 Å². The minimum absolute atomic E-state index is 1.22. The lowest BCUT2D eigenvalue weighted by molar-refractivity contribution is -0.673. The Labute approximate surface area is 71.8 Å². The second-order valence-corrected chi connectivity index (χ2v) is 3.02. The molecule has 0 unspecified atom stereocenters. The molecule has 0 atom stereocenters. The topological polar surface area (TPSA) is 3.88 Å². The Morgan fingerprint density at radius 3 is 2.91 bits per heavy atom. The Morgan fingerprint density at radius 1 is 1.45 bits per heavy atom. The molecule has 0 spiro atoms. The highest BCUT2D eigenvalue weighted by molar-refractivity contribution is 8.01. The van der Waals surface area contributed by atoms with E-state index in [1.165, 1.54) is 5.69 Å². The highest BCUT2D eigenvalue weighted by Crippen LogP contribution is 1.99. The van der Waals surface area contributed by atoms with Gasteiger partial charge in [0.1, 0.15) is 7.05 Å². The van der Waals surface area contributed by atoms with E-state index < -0.39 is 0 Å². The van der Waals surface area contributed by atoms with Gasteiger partial charge < -0.3 is 0 Å². The first-order valence-corrected chi connectivity index (χ1v) is 4.77. The summed E-state index contributed by atoms with van der Waals surface area (Å²) in [5, 5.41) is 2.08. The van der Waals surface area contributed by atoms with Gasteiger partial charge in [-0.15, -0.1) is 11.8 Å². The van der Waals surface area contributed by atoms with Gasteiger partial charge in [0.05, 0.1) is 0 Å². The third-order valence-electron chi connectivity index (χ3n) is 1.47. The molecule has 0 aliphatic carbocycles. The lowest BCUT2D eigenvalue weighted by Gasteiger charge is -1.90. The molecule has 0 aliphatic rings. The predicted octanol–water partition coefficient (Wildman–Crippen LogP) is 1.84. The third-order valence-corrected chi connectivity index (χ3v) is 1.88. The van der Waals surface area contributed by atoms with Crippen molar-refractivity contribution in [2.24, 2.45) is 7.05 Å². The molecule has 11 heavy (non-hydrogen) atoms. The van der Waals surface area contributed by atoms with Crippen LogP contribution in [0.1, 0.15) is 5.69 Å². The van der Waals surface area contributed by atoms with Gasteiger partial charge in [-0.05, 0) is 17.7 Å². The normalized spacial score (nSPS) is 10.7. The fourth-order valence-electron chi connectivity index (χ4n) is 0.847. The van der Waals surface area contributed by atoms with Crippen LogP contribution in [0.4, 0.5) is 0 Å². The van der Waals surface area contributed by atoms with Crippen LogP contribution in [0.25, 0.3) is 6.08 Å². The quantitative estimate of drug-likeness (QED) is 0.606. The average molecular weight is 166 g/mol. The van der Waals surface area contributed by atoms with Gasteiger partial charge >= 0.3 is 0 Å². The van der Waals surface area contributed by atoms with Gasteiger partial charge in [0, 0.05) is 18.2 Å². The summed E-state index contributed by atoms with van der Waals surface area (Å²) in [6.45, 7) is 0. The van der Waals surface area contributed by atoms with Gasteiger partial charge in [-0.2, -0.15) is 0 Å². The molecule has 0 fully saturated rings. The Kier molecular flexibility index (Phi) is 3.17. The van der Waals surface area contributed by atoms with E-state index in [2.05, 4.69) is 28.4 Å². The zero-order valence-electron chi connectivity index (χ0n) is 6.82. The van der Waals surface area contributed by atoms with Crippen molar-refractivity contribution in [1.29, 1.82) is 0 Å². The summed E-state index contributed by atoms with van der Waals surface area (Å²) in [6, 6.07) is 6.16. The maximum atomic E-state index is 2.10. The molecule has 0 amide bonds. The number of nitrogens with zero attached hydrogens (tertiary/aromatic N) is 1. The van der Waals surface area contributed by atoms with E-state index in [1.54, 1.807) is 11.8 Å². The molecular weight excluding hydrogens is 154 g/mol. The molecule has 1 rings (SSSR count). The van der Waals surface area contributed by atoms with Crippen LogP contribution < -0.4 is 4.57 Å². The van der Waals surface area contributed by atoms with Crippen molar-refractivity contribution in [2.45, 2.75) is 0 Å². The second-order valence-electron chi connectivity index (χ2n) is 2.27. The van der Waals surface area contributed by atoms with Crippen molar-refractivity contribution in [2.75, 3.05) is 6.26 Å². The molecule has 1 aromatic rings. The summed E-state index contributed by atoms with van der Waals surface area (Å²) in [4.78, 5) is 0. The van der Waals surface area contributed by atoms with Crippen molar-refractivity contribution in [3.63, 3.8) is 0 Å². The van der Waals surface area contributed by atoms with Crippen LogP contribution in [-0.4, -0.2) is 6.26 Å². The van der Waals surface area contributed by atoms with E-state index in [0.717, 1.165) is 0 Å². The smallest absolute Gasteiger partial charge is 0.202 e. The minimum atomic E-state index is 1.22. The maximum absolute atomic E-state index is 2.10. The van der Waals surface area contributed by atoms with Crippen molar-refractivity contribution in [3.8, 4) is 0 Å². The summed E-state index contributed by atoms with van der Waals surface area (Å²) >= 11 is 1.71. The third kappa shape index (κ3) is 2.39. The van der Waals surface area contributed by atoms with Gasteiger partial charge in [-0.3, -0.25) is 0 Å². The number of aryl methyl sites for hydroxylation is 1. The molecule has 0 saturated carbocycles.